The SMILES string of the molecule is CCCCCP[PH3]CCCCC. The van der Waals surface area contributed by atoms with Crippen molar-refractivity contribution in [1.29, 1.82) is 0 Å². The third kappa shape index (κ3) is 10.9. The van der Waals surface area contributed by atoms with Crippen molar-refractivity contribution >= 4 is 16.5 Å². The van der Waals surface area contributed by atoms with Crippen molar-refractivity contribution in [3.05, 3.63) is 0 Å². The van der Waals surface area contributed by atoms with E-state index in [2.05, 4.69) is 13.8 Å². The normalized spacial score (nSPS) is 11.8. The Morgan fingerprint density at radius 2 is 1.58 bits per heavy atom. The molecule has 0 radical (unpaired) electrons. The summed E-state index contributed by atoms with van der Waals surface area (Å²) in [6, 6.07) is 0. The first kappa shape index (κ1) is 12.9. The van der Waals surface area contributed by atoms with E-state index in [-0.39, 0.29) is 0 Å². The molecule has 0 spiro atoms. The Balaban J connectivity index is 2.73. The van der Waals surface area contributed by atoms with E-state index in [4.69, 9.17) is 0 Å². The van der Waals surface area contributed by atoms with Gasteiger partial charge in [-0.25, -0.2) is 0 Å². The van der Waals surface area contributed by atoms with E-state index in [0.717, 1.165) is 0 Å². The Morgan fingerprint density at radius 1 is 0.917 bits per heavy atom. The van der Waals surface area contributed by atoms with Crippen LogP contribution in [0.15, 0.2) is 0 Å². The summed E-state index contributed by atoms with van der Waals surface area (Å²) in [7, 11) is 1.78. The molecule has 0 N–H and O–H groups in total. The molecule has 0 aliphatic carbocycles. The summed E-state index contributed by atoms with van der Waals surface area (Å²) >= 11 is 0. The molecule has 2 heteroatoms. The molecule has 1 unspecified atom stereocenters. The van der Waals surface area contributed by atoms with Gasteiger partial charge < -0.3 is 0 Å². The second-order valence-corrected chi connectivity index (χ2v) is 8.72. The van der Waals surface area contributed by atoms with E-state index in [9.17, 15) is 0 Å². The van der Waals surface area contributed by atoms with Crippen LogP contribution in [0.3, 0.4) is 0 Å². The van der Waals surface area contributed by atoms with Gasteiger partial charge in [-0.2, -0.15) is 0 Å². The fourth-order valence-corrected chi connectivity index (χ4v) is 5.91. The van der Waals surface area contributed by atoms with Crippen LogP contribution in [0, 0.1) is 0 Å². The van der Waals surface area contributed by atoms with Crippen molar-refractivity contribution in [3.63, 3.8) is 0 Å². The maximum atomic E-state index is 2.30. The molecule has 0 rings (SSSR count). The Bertz CT molecular complexity index is 64.2. The average molecular weight is 208 g/mol. The molecule has 0 aromatic carbocycles. The molecule has 12 heavy (non-hydrogen) atoms. The molecule has 0 fully saturated rings. The topological polar surface area (TPSA) is 0 Å². The Hall–Kier alpha value is 0.860. The molecule has 0 aromatic rings. The quantitative estimate of drug-likeness (QED) is 0.395. The minimum atomic E-state index is 0.391. The van der Waals surface area contributed by atoms with Crippen LogP contribution >= 0.6 is 16.5 Å². The summed E-state index contributed by atoms with van der Waals surface area (Å²) in [5, 5.41) is 0. The van der Waals surface area contributed by atoms with Gasteiger partial charge in [0.05, 0.1) is 0 Å². The van der Waals surface area contributed by atoms with Crippen molar-refractivity contribution in [2.75, 3.05) is 12.3 Å². The van der Waals surface area contributed by atoms with Crippen molar-refractivity contribution in [2.24, 2.45) is 0 Å². The fourth-order valence-electron chi connectivity index (χ4n) is 1.30. The third-order valence-corrected chi connectivity index (χ3v) is 7.26. The van der Waals surface area contributed by atoms with Crippen LogP contribution in [0.25, 0.3) is 0 Å². The molecule has 0 bridgehead atoms. The second-order valence-electron chi connectivity index (χ2n) is 3.52. The summed E-state index contributed by atoms with van der Waals surface area (Å²) < 4.78 is 0. The number of hydrogen-bond donors (Lipinski definition) is 0. The van der Waals surface area contributed by atoms with Gasteiger partial charge in [0.25, 0.3) is 0 Å². The van der Waals surface area contributed by atoms with E-state index in [0.29, 0.717) is 8.27 Å². The number of rotatable bonds is 9. The molecular weight excluding hydrogens is 182 g/mol. The zero-order valence-corrected chi connectivity index (χ0v) is 11.3. The van der Waals surface area contributed by atoms with Gasteiger partial charge in [0, 0.05) is 0 Å². The molecule has 76 valence electrons. The molecule has 1 atom stereocenters. The van der Waals surface area contributed by atoms with Crippen LogP contribution in [-0.4, -0.2) is 12.3 Å². The monoisotopic (exact) mass is 208 g/mol. The first-order chi connectivity index (χ1) is 5.91. The van der Waals surface area contributed by atoms with Gasteiger partial charge in [0.2, 0.25) is 0 Å². The average Bonchev–Trinajstić information content (AvgIpc) is 2.10. The van der Waals surface area contributed by atoms with E-state index in [1.165, 1.54) is 46.8 Å². The van der Waals surface area contributed by atoms with Gasteiger partial charge in [0.15, 0.2) is 0 Å². The Morgan fingerprint density at radius 3 is 2.25 bits per heavy atom. The van der Waals surface area contributed by atoms with Gasteiger partial charge in [-0.1, -0.05) is 0 Å². The fraction of sp³-hybridized carbons (Fsp3) is 1.00. The standard InChI is InChI=1S/C10H26P2/c1-3-5-7-9-11-12-10-8-6-4-2/h11H,3-10H2,1-2,12H3. The first-order valence-corrected chi connectivity index (χ1v) is 10.2. The van der Waals surface area contributed by atoms with E-state index < -0.39 is 0 Å². The van der Waals surface area contributed by atoms with Gasteiger partial charge >= 0.3 is 81.2 Å². The van der Waals surface area contributed by atoms with Crippen molar-refractivity contribution in [3.8, 4) is 0 Å². The first-order valence-electron chi connectivity index (χ1n) is 5.62. The van der Waals surface area contributed by atoms with Gasteiger partial charge in [-0.3, -0.25) is 0 Å². The van der Waals surface area contributed by atoms with Crippen LogP contribution in [0.5, 0.6) is 0 Å². The molecule has 0 amide bonds. The van der Waals surface area contributed by atoms with Crippen molar-refractivity contribution in [1.82, 2.24) is 0 Å². The molecular formula is C10H26P2. The van der Waals surface area contributed by atoms with Crippen LogP contribution in [0.2, 0.25) is 0 Å². The van der Waals surface area contributed by atoms with Crippen molar-refractivity contribution in [2.45, 2.75) is 52.4 Å². The third-order valence-electron chi connectivity index (χ3n) is 2.16. The van der Waals surface area contributed by atoms with Gasteiger partial charge in [0.1, 0.15) is 0 Å². The van der Waals surface area contributed by atoms with Crippen molar-refractivity contribution < 1.29 is 0 Å². The van der Waals surface area contributed by atoms with Crippen LogP contribution in [0.4, 0.5) is 0 Å². The van der Waals surface area contributed by atoms with E-state index in [1.807, 2.05) is 0 Å². The molecule has 0 heterocycles. The Labute approximate surface area is 81.7 Å². The van der Waals surface area contributed by atoms with Crippen LogP contribution in [0.1, 0.15) is 52.4 Å². The minimum absolute atomic E-state index is 0.391. The number of hydrogen-bond acceptors (Lipinski definition) is 0. The zero-order chi connectivity index (χ0) is 9.07. The molecule has 0 aromatic heterocycles. The van der Waals surface area contributed by atoms with E-state index in [1.54, 1.807) is 12.3 Å². The summed E-state index contributed by atoms with van der Waals surface area (Å²) in [5.41, 5.74) is 0. The Kier molecular flexibility index (Phi) is 12.7. The van der Waals surface area contributed by atoms with Gasteiger partial charge in [-0.05, 0) is 0 Å². The number of unbranched alkanes of at least 4 members (excludes halogenated alkanes) is 4. The molecule has 0 nitrogen and oxygen atoms in total. The van der Waals surface area contributed by atoms with E-state index >= 15 is 0 Å². The summed E-state index contributed by atoms with van der Waals surface area (Å²) in [6.07, 6.45) is 12.0. The van der Waals surface area contributed by atoms with Gasteiger partial charge in [-0.15, -0.1) is 0 Å². The molecule has 0 aliphatic rings. The van der Waals surface area contributed by atoms with Crippen LogP contribution < -0.4 is 0 Å². The molecule has 0 aliphatic heterocycles. The molecule has 0 saturated carbocycles. The summed E-state index contributed by atoms with van der Waals surface area (Å²) in [5.74, 6) is 0. The molecule has 0 saturated heterocycles. The zero-order valence-electron chi connectivity index (χ0n) is 8.86. The second kappa shape index (κ2) is 11.9. The predicted molar refractivity (Wildman–Crippen MR) is 68.2 cm³/mol. The predicted octanol–water partition coefficient (Wildman–Crippen LogP) is 4.10. The summed E-state index contributed by atoms with van der Waals surface area (Å²) in [4.78, 5) is 0. The maximum absolute atomic E-state index is 2.30. The van der Waals surface area contributed by atoms with Crippen LogP contribution in [-0.2, 0) is 0 Å². The summed E-state index contributed by atoms with van der Waals surface area (Å²) in [6.45, 7) is 4.59.